The molecule has 3 aromatic rings. The van der Waals surface area contributed by atoms with Crippen LogP contribution in [0.1, 0.15) is 32.8 Å². The number of rotatable bonds is 6. The Morgan fingerprint density at radius 3 is 2.36 bits per heavy atom. The third kappa shape index (κ3) is 4.49. The summed E-state index contributed by atoms with van der Waals surface area (Å²) in [5.74, 6) is 0.140. The van der Waals surface area contributed by atoms with E-state index in [-0.39, 0.29) is 22.9 Å². The molecule has 0 aliphatic heterocycles. The molecule has 0 radical (unpaired) electrons. The van der Waals surface area contributed by atoms with E-state index < -0.39 is 10.0 Å². The topological polar surface area (TPSA) is 88.4 Å². The fourth-order valence-corrected chi connectivity index (χ4v) is 4.07. The lowest BCUT2D eigenvalue weighted by molar-refractivity contribution is 0.102. The van der Waals surface area contributed by atoms with Gasteiger partial charge >= 0.3 is 0 Å². The summed E-state index contributed by atoms with van der Waals surface area (Å²) >= 11 is 0. The van der Waals surface area contributed by atoms with E-state index in [0.717, 1.165) is 22.4 Å². The minimum absolute atomic E-state index is 0.0176. The number of aryl methyl sites for hydroxylation is 3. The lowest BCUT2D eigenvalue weighted by Crippen LogP contribution is -2.23. The molecule has 1 amide bonds. The summed E-state index contributed by atoms with van der Waals surface area (Å²) in [6.45, 7) is 5.88. The van der Waals surface area contributed by atoms with Crippen molar-refractivity contribution in [2.45, 2.75) is 32.2 Å². The van der Waals surface area contributed by atoms with E-state index in [1.54, 1.807) is 24.3 Å². The summed E-state index contributed by atoms with van der Waals surface area (Å²) in [5.41, 5.74) is 4.02. The molecule has 146 valence electrons. The average molecular weight is 398 g/mol. The molecular formula is C21H22N2O4S. The van der Waals surface area contributed by atoms with Gasteiger partial charge in [0.2, 0.25) is 10.0 Å². The zero-order valence-corrected chi connectivity index (χ0v) is 16.8. The highest BCUT2D eigenvalue weighted by Crippen LogP contribution is 2.23. The van der Waals surface area contributed by atoms with Crippen molar-refractivity contribution in [1.82, 2.24) is 4.72 Å². The Morgan fingerprint density at radius 2 is 1.71 bits per heavy atom. The maximum absolute atomic E-state index is 12.7. The van der Waals surface area contributed by atoms with E-state index in [4.69, 9.17) is 4.42 Å². The smallest absolute Gasteiger partial charge is 0.255 e. The van der Waals surface area contributed by atoms with Crippen LogP contribution in [0.4, 0.5) is 5.69 Å². The molecule has 0 saturated heterocycles. The molecule has 0 unspecified atom stereocenters. The van der Waals surface area contributed by atoms with Crippen LogP contribution in [0, 0.1) is 20.8 Å². The SMILES string of the molecule is Cc1cc(C)c(NC(=O)c2cccc(S(=O)(=O)NCc3ccco3)c2)c(C)c1. The molecule has 0 atom stereocenters. The molecule has 1 heterocycles. The van der Waals surface area contributed by atoms with Crippen LogP contribution in [0.2, 0.25) is 0 Å². The normalized spacial score (nSPS) is 11.4. The van der Waals surface area contributed by atoms with Gasteiger partial charge in [-0.3, -0.25) is 4.79 Å². The number of carbonyl (C=O) groups excluding carboxylic acids is 1. The number of anilines is 1. The Hall–Kier alpha value is -2.90. The van der Waals surface area contributed by atoms with Crippen molar-refractivity contribution in [3.05, 3.63) is 82.8 Å². The molecule has 2 aromatic carbocycles. The third-order valence-electron chi connectivity index (χ3n) is 4.34. The fourth-order valence-electron chi connectivity index (χ4n) is 3.03. The number of hydrogen-bond acceptors (Lipinski definition) is 4. The maximum Gasteiger partial charge on any atom is 0.255 e. The lowest BCUT2D eigenvalue weighted by Gasteiger charge is -2.13. The number of carbonyl (C=O) groups is 1. The molecule has 28 heavy (non-hydrogen) atoms. The Morgan fingerprint density at radius 1 is 1.00 bits per heavy atom. The Balaban J connectivity index is 1.80. The third-order valence-corrected chi connectivity index (χ3v) is 5.74. The summed E-state index contributed by atoms with van der Waals surface area (Å²) in [5, 5.41) is 2.89. The van der Waals surface area contributed by atoms with Crippen LogP contribution in [0.25, 0.3) is 0 Å². The van der Waals surface area contributed by atoms with Crippen LogP contribution in [0.3, 0.4) is 0 Å². The molecule has 0 aliphatic rings. The largest absolute Gasteiger partial charge is 0.468 e. The highest BCUT2D eigenvalue weighted by Gasteiger charge is 2.17. The van der Waals surface area contributed by atoms with Crippen LogP contribution in [0.15, 0.2) is 64.1 Å². The quantitative estimate of drug-likeness (QED) is 0.658. The summed E-state index contributed by atoms with van der Waals surface area (Å²) in [6.07, 6.45) is 1.48. The highest BCUT2D eigenvalue weighted by molar-refractivity contribution is 7.89. The van der Waals surface area contributed by atoms with Crippen LogP contribution >= 0.6 is 0 Å². The second kappa shape index (κ2) is 8.00. The molecule has 7 heteroatoms. The summed E-state index contributed by atoms with van der Waals surface area (Å²) in [6, 6.07) is 13.3. The first-order valence-electron chi connectivity index (χ1n) is 8.77. The standard InChI is InChI=1S/C21H22N2O4S/c1-14-10-15(2)20(16(3)11-14)23-21(24)17-6-4-8-19(12-17)28(25,26)22-13-18-7-5-9-27-18/h4-12,22H,13H2,1-3H3,(H,23,24). The molecule has 0 spiro atoms. The number of nitrogens with one attached hydrogen (secondary N) is 2. The predicted octanol–water partition coefficient (Wildman–Crippen LogP) is 3.94. The van der Waals surface area contributed by atoms with Gasteiger partial charge in [0.05, 0.1) is 17.7 Å². The number of sulfonamides is 1. The van der Waals surface area contributed by atoms with Gasteiger partial charge in [0.25, 0.3) is 5.91 Å². The fraction of sp³-hybridized carbons (Fsp3) is 0.190. The molecule has 6 nitrogen and oxygen atoms in total. The lowest BCUT2D eigenvalue weighted by atomic mass is 10.0. The first-order valence-corrected chi connectivity index (χ1v) is 10.3. The molecular weight excluding hydrogens is 376 g/mol. The monoisotopic (exact) mass is 398 g/mol. The van der Waals surface area contributed by atoms with Crippen molar-refractivity contribution in [3.8, 4) is 0 Å². The van der Waals surface area contributed by atoms with Crippen LogP contribution in [-0.2, 0) is 16.6 Å². The predicted molar refractivity (Wildman–Crippen MR) is 108 cm³/mol. The Labute approximate surface area is 164 Å². The van der Waals surface area contributed by atoms with E-state index in [1.165, 1.54) is 18.4 Å². The highest BCUT2D eigenvalue weighted by atomic mass is 32.2. The van der Waals surface area contributed by atoms with E-state index in [0.29, 0.717) is 5.76 Å². The summed E-state index contributed by atoms with van der Waals surface area (Å²) in [7, 11) is -3.78. The van der Waals surface area contributed by atoms with Gasteiger partial charge in [-0.25, -0.2) is 13.1 Å². The maximum atomic E-state index is 12.7. The van der Waals surface area contributed by atoms with E-state index in [1.807, 2.05) is 32.9 Å². The molecule has 0 bridgehead atoms. The minimum atomic E-state index is -3.78. The number of furan rings is 1. The van der Waals surface area contributed by atoms with Crippen molar-refractivity contribution < 1.29 is 17.6 Å². The van der Waals surface area contributed by atoms with Crippen molar-refractivity contribution in [2.75, 3.05) is 5.32 Å². The summed E-state index contributed by atoms with van der Waals surface area (Å²) in [4.78, 5) is 12.7. The molecule has 2 N–H and O–H groups in total. The van der Waals surface area contributed by atoms with Crippen molar-refractivity contribution >= 4 is 21.6 Å². The Bertz CT molecular complexity index is 1080. The van der Waals surface area contributed by atoms with Gasteiger partial charge < -0.3 is 9.73 Å². The minimum Gasteiger partial charge on any atom is -0.468 e. The van der Waals surface area contributed by atoms with Crippen molar-refractivity contribution in [1.29, 1.82) is 0 Å². The van der Waals surface area contributed by atoms with E-state index in [9.17, 15) is 13.2 Å². The average Bonchev–Trinajstić information content (AvgIpc) is 3.17. The molecule has 0 fully saturated rings. The van der Waals surface area contributed by atoms with Gasteiger partial charge in [-0.1, -0.05) is 23.8 Å². The zero-order valence-electron chi connectivity index (χ0n) is 15.9. The van der Waals surface area contributed by atoms with Gasteiger partial charge in [-0.15, -0.1) is 0 Å². The van der Waals surface area contributed by atoms with Gasteiger partial charge in [0.15, 0.2) is 0 Å². The molecule has 3 rings (SSSR count). The number of benzene rings is 2. The van der Waals surface area contributed by atoms with Gasteiger partial charge in [-0.2, -0.15) is 0 Å². The van der Waals surface area contributed by atoms with Crippen LogP contribution < -0.4 is 10.0 Å². The van der Waals surface area contributed by atoms with Crippen molar-refractivity contribution in [3.63, 3.8) is 0 Å². The van der Waals surface area contributed by atoms with Gasteiger partial charge in [0, 0.05) is 11.3 Å². The second-order valence-electron chi connectivity index (χ2n) is 6.66. The molecule has 0 saturated carbocycles. The Kier molecular flexibility index (Phi) is 5.67. The first-order chi connectivity index (χ1) is 13.3. The number of hydrogen-bond donors (Lipinski definition) is 2. The van der Waals surface area contributed by atoms with E-state index >= 15 is 0 Å². The second-order valence-corrected chi connectivity index (χ2v) is 8.43. The zero-order chi connectivity index (χ0) is 20.3. The van der Waals surface area contributed by atoms with Gasteiger partial charge in [-0.05, 0) is 62.2 Å². The summed E-state index contributed by atoms with van der Waals surface area (Å²) < 4.78 is 32.6. The number of amides is 1. The first kappa shape index (κ1) is 19.9. The van der Waals surface area contributed by atoms with Crippen LogP contribution in [-0.4, -0.2) is 14.3 Å². The van der Waals surface area contributed by atoms with Gasteiger partial charge in [0.1, 0.15) is 5.76 Å². The molecule has 1 aromatic heterocycles. The van der Waals surface area contributed by atoms with E-state index in [2.05, 4.69) is 10.0 Å². The van der Waals surface area contributed by atoms with Crippen molar-refractivity contribution in [2.24, 2.45) is 0 Å². The molecule has 0 aliphatic carbocycles. The van der Waals surface area contributed by atoms with Crippen LogP contribution in [0.5, 0.6) is 0 Å².